The maximum absolute atomic E-state index is 15.1. The van der Waals surface area contributed by atoms with E-state index in [9.17, 15) is 4.79 Å². The zero-order valence-electron chi connectivity index (χ0n) is 13.5. The van der Waals surface area contributed by atoms with E-state index in [1.54, 1.807) is 12.3 Å². The molecule has 1 amide bonds. The Bertz CT molecular complexity index is 748. The fourth-order valence-corrected chi connectivity index (χ4v) is 3.50. The minimum atomic E-state index is -0.367. The molecule has 2 fully saturated rings. The molecule has 0 spiro atoms. The van der Waals surface area contributed by atoms with Crippen molar-refractivity contribution in [2.24, 2.45) is 0 Å². The Hall–Kier alpha value is -2.15. The van der Waals surface area contributed by atoms with E-state index >= 15 is 4.39 Å². The number of amides is 1. The number of anilines is 1. The van der Waals surface area contributed by atoms with E-state index in [1.165, 1.54) is 10.7 Å². The van der Waals surface area contributed by atoms with Crippen LogP contribution in [0.3, 0.4) is 0 Å². The molecule has 6 nitrogen and oxygen atoms in total. The SMILES string of the molecule is O=C(NC1CCOCC1)c1cnn2ccc(N3CCCC3)c(F)c12. The number of nitrogens with one attached hydrogen (secondary N) is 1. The predicted octanol–water partition coefficient (Wildman–Crippen LogP) is 1.98. The lowest BCUT2D eigenvalue weighted by Gasteiger charge is -2.23. The third kappa shape index (κ3) is 2.73. The summed E-state index contributed by atoms with van der Waals surface area (Å²) in [5.74, 6) is -0.636. The Morgan fingerprint density at radius 3 is 2.79 bits per heavy atom. The molecular formula is C17H21FN4O2. The summed E-state index contributed by atoms with van der Waals surface area (Å²) in [5, 5.41) is 7.11. The first-order chi connectivity index (χ1) is 11.7. The molecule has 24 heavy (non-hydrogen) atoms. The van der Waals surface area contributed by atoms with Crippen LogP contribution in [0.1, 0.15) is 36.0 Å². The number of aromatic nitrogens is 2. The van der Waals surface area contributed by atoms with E-state index in [1.807, 2.05) is 4.90 Å². The van der Waals surface area contributed by atoms with Crippen molar-refractivity contribution in [1.82, 2.24) is 14.9 Å². The van der Waals surface area contributed by atoms with Gasteiger partial charge in [-0.05, 0) is 31.7 Å². The number of carbonyl (C=O) groups is 1. The molecule has 0 aromatic carbocycles. The van der Waals surface area contributed by atoms with Crippen molar-refractivity contribution in [3.63, 3.8) is 0 Å². The van der Waals surface area contributed by atoms with E-state index in [2.05, 4.69) is 10.4 Å². The number of carbonyl (C=O) groups excluding carboxylic acids is 1. The fourth-order valence-electron chi connectivity index (χ4n) is 3.50. The van der Waals surface area contributed by atoms with Crippen molar-refractivity contribution in [1.29, 1.82) is 0 Å². The van der Waals surface area contributed by atoms with Gasteiger partial charge in [-0.1, -0.05) is 0 Å². The van der Waals surface area contributed by atoms with E-state index in [0.717, 1.165) is 38.8 Å². The van der Waals surface area contributed by atoms with Gasteiger partial charge in [-0.15, -0.1) is 0 Å². The zero-order chi connectivity index (χ0) is 16.5. The Morgan fingerprint density at radius 1 is 1.29 bits per heavy atom. The highest BCUT2D eigenvalue weighted by molar-refractivity contribution is 6.01. The number of fused-ring (bicyclic) bond motifs is 1. The zero-order valence-corrected chi connectivity index (χ0v) is 13.5. The quantitative estimate of drug-likeness (QED) is 0.934. The largest absolute Gasteiger partial charge is 0.381 e. The van der Waals surface area contributed by atoms with Crippen LogP contribution in [0.4, 0.5) is 10.1 Å². The third-order valence-corrected chi connectivity index (χ3v) is 4.85. The lowest BCUT2D eigenvalue weighted by Crippen LogP contribution is -2.38. The Balaban J connectivity index is 1.65. The van der Waals surface area contributed by atoms with Crippen LogP contribution < -0.4 is 10.2 Å². The smallest absolute Gasteiger partial charge is 0.255 e. The van der Waals surface area contributed by atoms with Gasteiger partial charge in [-0.25, -0.2) is 8.91 Å². The van der Waals surface area contributed by atoms with Crippen LogP contribution in [0.25, 0.3) is 5.52 Å². The summed E-state index contributed by atoms with van der Waals surface area (Å²) in [6.45, 7) is 3.00. The number of pyridine rings is 1. The van der Waals surface area contributed by atoms with Gasteiger partial charge in [-0.3, -0.25) is 4.79 Å². The summed E-state index contributed by atoms with van der Waals surface area (Å²) < 4.78 is 21.8. The second-order valence-corrected chi connectivity index (χ2v) is 6.42. The number of hydrogen-bond donors (Lipinski definition) is 1. The van der Waals surface area contributed by atoms with E-state index in [0.29, 0.717) is 24.5 Å². The third-order valence-electron chi connectivity index (χ3n) is 4.85. The van der Waals surface area contributed by atoms with Crippen LogP contribution in [0.2, 0.25) is 0 Å². The topological polar surface area (TPSA) is 58.9 Å². The molecule has 2 aliphatic heterocycles. The summed E-state index contributed by atoms with van der Waals surface area (Å²) in [6, 6.07) is 1.81. The van der Waals surface area contributed by atoms with Gasteiger partial charge in [0.25, 0.3) is 5.91 Å². The van der Waals surface area contributed by atoms with Crippen molar-refractivity contribution >= 4 is 17.1 Å². The van der Waals surface area contributed by atoms with Gasteiger partial charge >= 0.3 is 0 Å². The van der Waals surface area contributed by atoms with Crippen LogP contribution in [0.15, 0.2) is 18.5 Å². The minimum absolute atomic E-state index is 0.0750. The van der Waals surface area contributed by atoms with Crippen molar-refractivity contribution < 1.29 is 13.9 Å². The molecule has 0 unspecified atom stereocenters. The van der Waals surface area contributed by atoms with Gasteiger partial charge in [0.2, 0.25) is 0 Å². The van der Waals surface area contributed by atoms with E-state index in [4.69, 9.17) is 4.74 Å². The first-order valence-corrected chi connectivity index (χ1v) is 8.53. The second-order valence-electron chi connectivity index (χ2n) is 6.42. The summed E-state index contributed by atoms with van der Waals surface area (Å²) in [7, 11) is 0. The van der Waals surface area contributed by atoms with Crippen molar-refractivity contribution in [3.05, 3.63) is 29.8 Å². The van der Waals surface area contributed by atoms with Crippen LogP contribution in [0.5, 0.6) is 0 Å². The number of nitrogens with zero attached hydrogens (tertiary/aromatic N) is 3. The normalized spacial score (nSPS) is 19.1. The molecule has 2 saturated heterocycles. The van der Waals surface area contributed by atoms with Crippen molar-refractivity contribution in [2.75, 3.05) is 31.2 Å². The van der Waals surface area contributed by atoms with Gasteiger partial charge in [-0.2, -0.15) is 5.10 Å². The highest BCUT2D eigenvalue weighted by atomic mass is 19.1. The summed E-state index contributed by atoms with van der Waals surface area (Å²) in [5.41, 5.74) is 1.10. The van der Waals surface area contributed by atoms with Gasteiger partial charge < -0.3 is 15.0 Å². The highest BCUT2D eigenvalue weighted by Gasteiger charge is 2.24. The van der Waals surface area contributed by atoms with Crippen LogP contribution >= 0.6 is 0 Å². The predicted molar refractivity (Wildman–Crippen MR) is 87.9 cm³/mol. The van der Waals surface area contributed by atoms with Crippen molar-refractivity contribution in [2.45, 2.75) is 31.7 Å². The van der Waals surface area contributed by atoms with Crippen LogP contribution in [0, 0.1) is 5.82 Å². The standard InChI is InChI=1S/C17H21FN4O2/c18-15-14(21-6-1-2-7-21)3-8-22-16(15)13(11-19-22)17(23)20-12-4-9-24-10-5-12/h3,8,11-12H,1-2,4-7,9-10H2,(H,20,23). The lowest BCUT2D eigenvalue weighted by molar-refractivity contribution is 0.0697. The Morgan fingerprint density at radius 2 is 2.04 bits per heavy atom. The molecule has 2 aromatic rings. The Labute approximate surface area is 139 Å². The molecule has 4 rings (SSSR count). The Kier molecular flexibility index (Phi) is 4.10. The number of hydrogen-bond acceptors (Lipinski definition) is 4. The second kappa shape index (κ2) is 6.39. The molecule has 7 heteroatoms. The maximum atomic E-state index is 15.1. The van der Waals surface area contributed by atoms with Crippen molar-refractivity contribution in [3.8, 4) is 0 Å². The molecule has 1 N–H and O–H groups in total. The number of rotatable bonds is 3. The molecular weight excluding hydrogens is 311 g/mol. The monoisotopic (exact) mass is 332 g/mol. The molecule has 4 heterocycles. The molecule has 0 saturated carbocycles. The van der Waals surface area contributed by atoms with Crippen LogP contribution in [-0.2, 0) is 4.74 Å². The first-order valence-electron chi connectivity index (χ1n) is 8.53. The van der Waals surface area contributed by atoms with Gasteiger partial charge in [0.15, 0.2) is 5.82 Å². The summed E-state index contributed by atoms with van der Waals surface area (Å²) >= 11 is 0. The molecule has 0 bridgehead atoms. The van der Waals surface area contributed by atoms with Crippen LogP contribution in [-0.4, -0.2) is 47.9 Å². The molecule has 0 radical (unpaired) electrons. The first kappa shape index (κ1) is 15.4. The highest BCUT2D eigenvalue weighted by Crippen LogP contribution is 2.28. The molecule has 0 aliphatic carbocycles. The summed E-state index contributed by atoms with van der Waals surface area (Å²) in [6.07, 6.45) is 6.87. The molecule has 2 aromatic heterocycles. The average molecular weight is 332 g/mol. The average Bonchev–Trinajstić information content (AvgIpc) is 3.26. The molecule has 0 atom stereocenters. The summed E-state index contributed by atoms with van der Waals surface area (Å²) in [4.78, 5) is 14.6. The van der Waals surface area contributed by atoms with Gasteiger partial charge in [0.05, 0.1) is 17.4 Å². The number of ether oxygens (including phenoxy) is 1. The lowest BCUT2D eigenvalue weighted by atomic mass is 10.1. The number of halogens is 1. The van der Waals surface area contributed by atoms with E-state index in [-0.39, 0.29) is 23.3 Å². The maximum Gasteiger partial charge on any atom is 0.255 e. The van der Waals surface area contributed by atoms with E-state index < -0.39 is 0 Å². The minimum Gasteiger partial charge on any atom is -0.381 e. The fraction of sp³-hybridized carbons (Fsp3) is 0.529. The molecule has 2 aliphatic rings. The van der Waals surface area contributed by atoms with Gasteiger partial charge in [0, 0.05) is 38.5 Å². The molecule has 128 valence electrons. The van der Waals surface area contributed by atoms with Gasteiger partial charge in [0.1, 0.15) is 5.52 Å².